The molecule has 20 heavy (non-hydrogen) atoms. The number of anilines is 1. The zero-order valence-electron chi connectivity index (χ0n) is 11.3. The van der Waals surface area contributed by atoms with Crippen LogP contribution in [0.4, 0.5) is 14.6 Å². The molecule has 0 unspecified atom stereocenters. The van der Waals surface area contributed by atoms with Crippen molar-refractivity contribution in [2.75, 3.05) is 5.73 Å². The largest absolute Gasteiger partial charge is 0.438 e. The smallest absolute Gasteiger partial charge is 0.227 e. The molecular formula is C14H15F2N3O. The third-order valence-corrected chi connectivity index (χ3v) is 2.76. The van der Waals surface area contributed by atoms with Crippen molar-refractivity contribution < 1.29 is 13.5 Å². The first-order chi connectivity index (χ1) is 9.51. The Morgan fingerprint density at radius 2 is 1.95 bits per heavy atom. The van der Waals surface area contributed by atoms with Crippen LogP contribution in [0.1, 0.15) is 24.7 Å². The molecule has 2 N–H and O–H groups in total. The van der Waals surface area contributed by atoms with Crippen molar-refractivity contribution in [2.45, 2.75) is 26.7 Å². The average molecular weight is 279 g/mol. The zero-order chi connectivity index (χ0) is 14.7. The van der Waals surface area contributed by atoms with Gasteiger partial charge in [0.25, 0.3) is 0 Å². The number of nitrogens with zero attached hydrogens (tertiary/aromatic N) is 2. The molecule has 0 spiro atoms. The van der Waals surface area contributed by atoms with Crippen LogP contribution >= 0.6 is 0 Å². The Morgan fingerprint density at radius 1 is 1.20 bits per heavy atom. The van der Waals surface area contributed by atoms with Crippen LogP contribution in [-0.2, 0) is 6.42 Å². The first-order valence-corrected chi connectivity index (χ1v) is 6.27. The average Bonchev–Trinajstić information content (AvgIpc) is 2.40. The standard InChI is InChI=1S/C14H15F2N3O/c1-3-4-12-18-13(17)8(2)14(19-12)20-9-5-6-10(15)11(16)7-9/h5-7H,3-4H2,1-2H3,(H2,17,18,19). The van der Waals surface area contributed by atoms with E-state index in [1.54, 1.807) is 6.92 Å². The number of ether oxygens (including phenoxy) is 1. The van der Waals surface area contributed by atoms with Crippen molar-refractivity contribution in [3.63, 3.8) is 0 Å². The summed E-state index contributed by atoms with van der Waals surface area (Å²) in [5.74, 6) is -0.604. The fourth-order valence-corrected chi connectivity index (χ4v) is 1.65. The zero-order valence-corrected chi connectivity index (χ0v) is 11.3. The number of aryl methyl sites for hydroxylation is 1. The molecule has 0 aliphatic rings. The van der Waals surface area contributed by atoms with Crippen molar-refractivity contribution in [2.24, 2.45) is 0 Å². The quantitative estimate of drug-likeness (QED) is 0.931. The molecule has 0 fully saturated rings. The molecule has 6 heteroatoms. The van der Waals surface area contributed by atoms with Crippen molar-refractivity contribution in [1.82, 2.24) is 9.97 Å². The number of rotatable bonds is 4. The minimum Gasteiger partial charge on any atom is -0.438 e. The van der Waals surface area contributed by atoms with E-state index in [9.17, 15) is 8.78 Å². The molecule has 1 aromatic carbocycles. The van der Waals surface area contributed by atoms with Gasteiger partial charge in [-0.15, -0.1) is 0 Å². The molecular weight excluding hydrogens is 264 g/mol. The molecule has 0 atom stereocenters. The monoisotopic (exact) mass is 279 g/mol. The number of hydrogen-bond donors (Lipinski definition) is 1. The highest BCUT2D eigenvalue weighted by Crippen LogP contribution is 2.27. The van der Waals surface area contributed by atoms with Gasteiger partial charge in [-0.2, -0.15) is 4.98 Å². The third-order valence-electron chi connectivity index (χ3n) is 2.76. The molecule has 2 aromatic rings. The highest BCUT2D eigenvalue weighted by Gasteiger charge is 2.12. The highest BCUT2D eigenvalue weighted by atomic mass is 19.2. The summed E-state index contributed by atoms with van der Waals surface area (Å²) in [5, 5.41) is 0. The fraction of sp³-hybridized carbons (Fsp3) is 0.286. The summed E-state index contributed by atoms with van der Waals surface area (Å²) in [4.78, 5) is 8.39. The summed E-state index contributed by atoms with van der Waals surface area (Å²) in [7, 11) is 0. The van der Waals surface area contributed by atoms with Crippen LogP contribution < -0.4 is 10.5 Å². The molecule has 1 aromatic heterocycles. The van der Waals surface area contributed by atoms with E-state index in [0.29, 0.717) is 23.6 Å². The lowest BCUT2D eigenvalue weighted by atomic mass is 10.3. The van der Waals surface area contributed by atoms with E-state index in [1.165, 1.54) is 6.07 Å². The van der Waals surface area contributed by atoms with Gasteiger partial charge < -0.3 is 10.5 Å². The number of halogens is 2. The van der Waals surface area contributed by atoms with Gasteiger partial charge >= 0.3 is 0 Å². The second kappa shape index (κ2) is 5.81. The van der Waals surface area contributed by atoms with Gasteiger partial charge in [0.05, 0.1) is 5.56 Å². The topological polar surface area (TPSA) is 61.0 Å². The molecule has 106 valence electrons. The highest BCUT2D eigenvalue weighted by molar-refractivity contribution is 5.46. The Balaban J connectivity index is 2.34. The summed E-state index contributed by atoms with van der Waals surface area (Å²) in [6.07, 6.45) is 1.53. The first kappa shape index (κ1) is 14.2. The number of hydrogen-bond acceptors (Lipinski definition) is 4. The second-order valence-corrected chi connectivity index (χ2v) is 4.38. The lowest BCUT2D eigenvalue weighted by Gasteiger charge is -2.11. The van der Waals surface area contributed by atoms with E-state index in [4.69, 9.17) is 10.5 Å². The molecule has 4 nitrogen and oxygen atoms in total. The molecule has 2 rings (SSSR count). The van der Waals surface area contributed by atoms with Gasteiger partial charge in [-0.1, -0.05) is 6.92 Å². The first-order valence-electron chi connectivity index (χ1n) is 6.27. The van der Waals surface area contributed by atoms with Gasteiger partial charge in [-0.05, 0) is 25.5 Å². The van der Waals surface area contributed by atoms with Crippen LogP contribution in [-0.4, -0.2) is 9.97 Å². The normalized spacial score (nSPS) is 10.6. The van der Waals surface area contributed by atoms with Gasteiger partial charge in [0.15, 0.2) is 11.6 Å². The molecule has 0 bridgehead atoms. The number of nitrogen functional groups attached to an aromatic ring is 1. The van der Waals surface area contributed by atoms with Crippen molar-refractivity contribution >= 4 is 5.82 Å². The fourth-order valence-electron chi connectivity index (χ4n) is 1.65. The Hall–Kier alpha value is -2.24. The molecule has 0 saturated carbocycles. The second-order valence-electron chi connectivity index (χ2n) is 4.38. The maximum absolute atomic E-state index is 13.1. The maximum Gasteiger partial charge on any atom is 0.227 e. The maximum atomic E-state index is 13.1. The predicted octanol–water partition coefficient (Wildman–Crippen LogP) is 3.39. The number of benzene rings is 1. The van der Waals surface area contributed by atoms with Crippen molar-refractivity contribution in [3.8, 4) is 11.6 Å². The minimum absolute atomic E-state index is 0.160. The Bertz CT molecular complexity index is 632. The van der Waals surface area contributed by atoms with Crippen molar-refractivity contribution in [3.05, 3.63) is 41.2 Å². The SMILES string of the molecule is CCCc1nc(N)c(C)c(Oc2ccc(F)c(F)c2)n1. The van der Waals surface area contributed by atoms with Crippen LogP contribution in [0.5, 0.6) is 11.6 Å². The van der Waals surface area contributed by atoms with Crippen LogP contribution in [0.3, 0.4) is 0 Å². The molecule has 0 amide bonds. The van der Waals surface area contributed by atoms with E-state index in [0.717, 1.165) is 18.6 Å². The number of aromatic nitrogens is 2. The van der Waals surface area contributed by atoms with Gasteiger partial charge in [0, 0.05) is 12.5 Å². The lowest BCUT2D eigenvalue weighted by molar-refractivity contribution is 0.441. The van der Waals surface area contributed by atoms with Crippen LogP contribution in [0.2, 0.25) is 0 Å². The molecule has 0 saturated heterocycles. The Kier molecular flexibility index (Phi) is 4.12. The molecule has 0 radical (unpaired) electrons. The number of nitrogens with two attached hydrogens (primary N) is 1. The van der Waals surface area contributed by atoms with E-state index < -0.39 is 11.6 Å². The summed E-state index contributed by atoms with van der Waals surface area (Å²) < 4.78 is 31.5. The molecule has 0 aliphatic carbocycles. The summed E-state index contributed by atoms with van der Waals surface area (Å²) >= 11 is 0. The Labute approximate surface area is 115 Å². The van der Waals surface area contributed by atoms with Crippen LogP contribution in [0.15, 0.2) is 18.2 Å². The van der Waals surface area contributed by atoms with Crippen molar-refractivity contribution in [1.29, 1.82) is 0 Å². The summed E-state index contributed by atoms with van der Waals surface area (Å²) in [6.45, 7) is 3.70. The van der Waals surface area contributed by atoms with E-state index >= 15 is 0 Å². The van der Waals surface area contributed by atoms with Crippen LogP contribution in [0.25, 0.3) is 0 Å². The van der Waals surface area contributed by atoms with Gasteiger partial charge in [-0.25, -0.2) is 13.8 Å². The van der Waals surface area contributed by atoms with E-state index in [2.05, 4.69) is 9.97 Å². The molecule has 1 heterocycles. The van der Waals surface area contributed by atoms with E-state index in [1.807, 2.05) is 6.92 Å². The van der Waals surface area contributed by atoms with Gasteiger partial charge in [0.1, 0.15) is 17.4 Å². The minimum atomic E-state index is -0.976. The summed E-state index contributed by atoms with van der Waals surface area (Å²) in [5.41, 5.74) is 6.36. The Morgan fingerprint density at radius 3 is 2.60 bits per heavy atom. The predicted molar refractivity (Wildman–Crippen MR) is 71.6 cm³/mol. The third kappa shape index (κ3) is 3.01. The summed E-state index contributed by atoms with van der Waals surface area (Å²) in [6, 6.07) is 3.29. The molecule has 0 aliphatic heterocycles. The van der Waals surface area contributed by atoms with Gasteiger partial charge in [-0.3, -0.25) is 0 Å². The van der Waals surface area contributed by atoms with E-state index in [-0.39, 0.29) is 11.6 Å². The van der Waals surface area contributed by atoms with Crippen LogP contribution in [0, 0.1) is 18.6 Å². The lowest BCUT2D eigenvalue weighted by Crippen LogP contribution is -2.05. The van der Waals surface area contributed by atoms with Gasteiger partial charge in [0.2, 0.25) is 5.88 Å².